The zero-order valence-corrected chi connectivity index (χ0v) is 28.8. The molecule has 0 saturated carbocycles. The molecule has 0 aliphatic rings. The Bertz CT molecular complexity index is 3120. The second-order valence-electron chi connectivity index (χ2n) is 13.4. The Morgan fingerprint density at radius 3 is 1.48 bits per heavy atom. The molecule has 242 valence electrons. The van der Waals surface area contributed by atoms with Gasteiger partial charge < -0.3 is 4.57 Å². The molecule has 0 aliphatic heterocycles. The lowest BCUT2D eigenvalue weighted by molar-refractivity contribution is 1.18. The fourth-order valence-corrected chi connectivity index (χ4v) is 8.90. The van der Waals surface area contributed by atoms with Crippen molar-refractivity contribution in [3.05, 3.63) is 176 Å². The summed E-state index contributed by atoms with van der Waals surface area (Å²) in [5.41, 5.74) is 11.8. The van der Waals surface area contributed by atoms with E-state index in [-0.39, 0.29) is 0 Å². The monoisotopic (exact) mass is 679 g/mol. The summed E-state index contributed by atoms with van der Waals surface area (Å²) in [6.45, 7) is 0. The summed E-state index contributed by atoms with van der Waals surface area (Å²) >= 11 is 1.85. The molecule has 0 saturated heterocycles. The molecule has 11 aromatic rings. The van der Waals surface area contributed by atoms with E-state index in [2.05, 4.69) is 180 Å². The zero-order valence-electron chi connectivity index (χ0n) is 28.0. The van der Waals surface area contributed by atoms with Crippen molar-refractivity contribution in [2.75, 3.05) is 0 Å². The molecule has 4 aromatic heterocycles. The lowest BCUT2D eigenvalue weighted by atomic mass is 10.0. The van der Waals surface area contributed by atoms with E-state index in [9.17, 15) is 0 Å². The highest BCUT2D eigenvalue weighted by atomic mass is 32.1. The first-order valence-corrected chi connectivity index (χ1v) is 18.4. The minimum absolute atomic E-state index is 0.913. The van der Waals surface area contributed by atoms with Crippen LogP contribution in [0.2, 0.25) is 0 Å². The first kappa shape index (κ1) is 29.1. The molecular formula is C48H29N3S. The van der Waals surface area contributed by atoms with Gasteiger partial charge in [0.15, 0.2) is 0 Å². The fourth-order valence-electron chi connectivity index (χ4n) is 7.81. The number of hydrogen-bond acceptors (Lipinski definition) is 3. The quantitative estimate of drug-likeness (QED) is 0.173. The van der Waals surface area contributed by atoms with Crippen LogP contribution in [0.4, 0.5) is 0 Å². The van der Waals surface area contributed by atoms with Gasteiger partial charge in [0.05, 0.1) is 33.5 Å². The highest BCUT2D eigenvalue weighted by molar-refractivity contribution is 7.25. The highest BCUT2D eigenvalue weighted by Crippen LogP contribution is 2.37. The summed E-state index contributed by atoms with van der Waals surface area (Å²) in [5, 5.41) is 7.32. The SMILES string of the molecule is c1ccc2c(c1)sc1ccc(-c3ccc(-c4ccc5ccc6ccc(-c7ccc(-n8c9ccccc9c9ccccc98)cc7)nc6c5n4)cc3)cc12. The molecule has 0 radical (unpaired) electrons. The molecule has 0 atom stereocenters. The van der Waals surface area contributed by atoms with Crippen LogP contribution in [0.15, 0.2) is 176 Å². The number of aromatic nitrogens is 3. The van der Waals surface area contributed by atoms with E-state index in [0.29, 0.717) is 0 Å². The minimum Gasteiger partial charge on any atom is -0.309 e. The van der Waals surface area contributed by atoms with E-state index in [1.165, 1.54) is 53.1 Å². The van der Waals surface area contributed by atoms with Crippen molar-refractivity contribution in [1.29, 1.82) is 0 Å². The van der Waals surface area contributed by atoms with Gasteiger partial charge in [-0.05, 0) is 65.7 Å². The molecule has 0 bridgehead atoms. The average molecular weight is 680 g/mol. The van der Waals surface area contributed by atoms with Gasteiger partial charge in [0, 0.05) is 58.5 Å². The molecule has 3 nitrogen and oxygen atoms in total. The number of benzene rings is 7. The lowest BCUT2D eigenvalue weighted by Gasteiger charge is -2.10. The van der Waals surface area contributed by atoms with E-state index in [1.54, 1.807) is 0 Å². The topological polar surface area (TPSA) is 30.7 Å². The third-order valence-corrected chi connectivity index (χ3v) is 11.6. The van der Waals surface area contributed by atoms with Crippen LogP contribution in [-0.4, -0.2) is 14.5 Å². The number of para-hydroxylation sites is 2. The molecule has 0 fully saturated rings. The molecule has 0 spiro atoms. The van der Waals surface area contributed by atoms with Gasteiger partial charge in [0.2, 0.25) is 0 Å². The molecule has 0 unspecified atom stereocenters. The van der Waals surface area contributed by atoms with E-state index < -0.39 is 0 Å². The van der Waals surface area contributed by atoms with Crippen molar-refractivity contribution in [2.24, 2.45) is 0 Å². The van der Waals surface area contributed by atoms with Crippen molar-refractivity contribution in [3.8, 4) is 39.3 Å². The zero-order chi connectivity index (χ0) is 34.2. The number of fused-ring (bicyclic) bond motifs is 9. The Balaban J connectivity index is 0.946. The van der Waals surface area contributed by atoms with Gasteiger partial charge in [0.25, 0.3) is 0 Å². The maximum atomic E-state index is 5.23. The van der Waals surface area contributed by atoms with Gasteiger partial charge in [0.1, 0.15) is 0 Å². The van der Waals surface area contributed by atoms with Crippen LogP contribution in [0.3, 0.4) is 0 Å². The van der Waals surface area contributed by atoms with Crippen LogP contribution in [0.25, 0.3) is 103 Å². The molecule has 7 aromatic carbocycles. The lowest BCUT2D eigenvalue weighted by Crippen LogP contribution is -1.94. The number of pyridine rings is 2. The Labute approximate surface area is 303 Å². The molecule has 0 N–H and O–H groups in total. The first-order valence-electron chi connectivity index (χ1n) is 17.6. The minimum atomic E-state index is 0.913. The van der Waals surface area contributed by atoms with Gasteiger partial charge in [-0.2, -0.15) is 0 Å². The summed E-state index contributed by atoms with van der Waals surface area (Å²) in [7, 11) is 0. The first-order chi connectivity index (χ1) is 25.7. The predicted octanol–water partition coefficient (Wildman–Crippen LogP) is 13.2. The van der Waals surface area contributed by atoms with E-state index >= 15 is 0 Å². The smallest absolute Gasteiger partial charge is 0.0972 e. The van der Waals surface area contributed by atoms with Gasteiger partial charge >= 0.3 is 0 Å². The summed E-state index contributed by atoms with van der Waals surface area (Å²) in [6, 6.07) is 63.1. The van der Waals surface area contributed by atoms with Crippen LogP contribution in [0, 0.1) is 0 Å². The predicted molar refractivity (Wildman–Crippen MR) is 221 cm³/mol. The summed E-state index contributed by atoms with van der Waals surface area (Å²) < 4.78 is 5.00. The van der Waals surface area contributed by atoms with Crippen molar-refractivity contribution in [2.45, 2.75) is 0 Å². The van der Waals surface area contributed by atoms with E-state index in [4.69, 9.17) is 9.97 Å². The number of hydrogen-bond donors (Lipinski definition) is 0. The van der Waals surface area contributed by atoms with Gasteiger partial charge in [-0.3, -0.25) is 0 Å². The maximum absolute atomic E-state index is 5.23. The molecule has 0 amide bonds. The normalized spacial score (nSPS) is 11.8. The number of rotatable bonds is 4. The van der Waals surface area contributed by atoms with E-state index in [0.717, 1.165) is 50.0 Å². The maximum Gasteiger partial charge on any atom is 0.0972 e. The van der Waals surface area contributed by atoms with Crippen LogP contribution in [0.5, 0.6) is 0 Å². The van der Waals surface area contributed by atoms with Crippen LogP contribution >= 0.6 is 11.3 Å². The number of thiophene rings is 1. The Morgan fingerprint density at radius 1 is 0.365 bits per heavy atom. The molecular weight excluding hydrogens is 651 g/mol. The molecule has 0 aliphatic carbocycles. The molecule has 4 heterocycles. The second kappa shape index (κ2) is 11.5. The summed E-state index contributed by atoms with van der Waals surface area (Å²) in [6.07, 6.45) is 0. The Hall–Kier alpha value is -6.62. The van der Waals surface area contributed by atoms with Gasteiger partial charge in [-0.1, -0.05) is 121 Å². The standard InChI is InChI=1S/C48H29N3S/c1-4-10-43-37(7-1)38-8-2-5-11-44(38)51(43)36-24-19-32(20-25-36)42-27-22-34-18-17-33-21-26-41(49-47(33)48(34)50-42)31-15-13-30(14-16-31)35-23-28-46-40(29-35)39-9-3-6-12-45(39)52-46/h1-29H. The summed E-state index contributed by atoms with van der Waals surface area (Å²) in [4.78, 5) is 10.4. The van der Waals surface area contributed by atoms with Crippen molar-refractivity contribution in [1.82, 2.24) is 14.5 Å². The van der Waals surface area contributed by atoms with Gasteiger partial charge in [-0.25, -0.2) is 9.97 Å². The Kier molecular flexibility index (Phi) is 6.42. The van der Waals surface area contributed by atoms with Crippen LogP contribution in [-0.2, 0) is 0 Å². The van der Waals surface area contributed by atoms with Crippen molar-refractivity contribution in [3.63, 3.8) is 0 Å². The number of nitrogens with zero attached hydrogens (tertiary/aromatic N) is 3. The van der Waals surface area contributed by atoms with E-state index in [1.807, 2.05) is 11.3 Å². The second-order valence-corrected chi connectivity index (χ2v) is 14.5. The van der Waals surface area contributed by atoms with Gasteiger partial charge in [-0.15, -0.1) is 11.3 Å². The molecule has 11 rings (SSSR count). The molecule has 52 heavy (non-hydrogen) atoms. The Morgan fingerprint density at radius 2 is 0.846 bits per heavy atom. The summed E-state index contributed by atoms with van der Waals surface area (Å²) in [5.74, 6) is 0. The highest BCUT2D eigenvalue weighted by Gasteiger charge is 2.13. The van der Waals surface area contributed by atoms with Crippen LogP contribution in [0.1, 0.15) is 0 Å². The van der Waals surface area contributed by atoms with Crippen molar-refractivity contribution < 1.29 is 0 Å². The third-order valence-electron chi connectivity index (χ3n) is 10.4. The molecule has 4 heteroatoms. The van der Waals surface area contributed by atoms with Crippen molar-refractivity contribution >= 4 is 75.1 Å². The third kappa shape index (κ3) is 4.58. The fraction of sp³-hybridized carbons (Fsp3) is 0. The average Bonchev–Trinajstić information content (AvgIpc) is 3.76. The van der Waals surface area contributed by atoms with Crippen LogP contribution < -0.4 is 0 Å². The largest absolute Gasteiger partial charge is 0.309 e.